The third-order valence-electron chi connectivity index (χ3n) is 7.81. The van der Waals surface area contributed by atoms with Crippen molar-refractivity contribution in [1.82, 2.24) is 9.55 Å². The summed E-state index contributed by atoms with van der Waals surface area (Å²) in [5.74, 6) is -3.13. The highest BCUT2D eigenvalue weighted by Crippen LogP contribution is 2.50. The number of esters is 1. The smallest absolute Gasteiger partial charge is 0.306 e. The summed E-state index contributed by atoms with van der Waals surface area (Å²) in [4.78, 5) is 43.4. The first-order valence-corrected chi connectivity index (χ1v) is 13.1. The molecule has 0 amide bonds. The number of Topliss-reactive ketones (excluding diaryl/α,β-unsaturated/α-hetero) is 1. The van der Waals surface area contributed by atoms with E-state index in [-0.39, 0.29) is 34.6 Å². The molecule has 4 aromatic rings. The fourth-order valence-electron chi connectivity index (χ4n) is 5.53. The number of rotatable bonds is 7. The van der Waals surface area contributed by atoms with Crippen molar-refractivity contribution in [3.05, 3.63) is 86.0 Å². The van der Waals surface area contributed by atoms with Crippen LogP contribution in [0.2, 0.25) is 0 Å². The molecule has 42 heavy (non-hydrogen) atoms. The third-order valence-corrected chi connectivity index (χ3v) is 7.81. The van der Waals surface area contributed by atoms with Gasteiger partial charge in [-0.1, -0.05) is 0 Å². The molecular weight excluding hydrogens is 544 g/mol. The van der Waals surface area contributed by atoms with Gasteiger partial charge in [0.1, 0.15) is 29.1 Å². The molecule has 11 nitrogen and oxygen atoms in total. The van der Waals surface area contributed by atoms with E-state index < -0.39 is 47.3 Å². The fourth-order valence-corrected chi connectivity index (χ4v) is 5.53. The summed E-state index contributed by atoms with van der Waals surface area (Å²) < 4.78 is 17.5. The lowest BCUT2D eigenvalue weighted by molar-refractivity contribution is -0.140. The monoisotopic (exact) mass is 574 g/mol. The van der Waals surface area contributed by atoms with E-state index in [1.807, 2.05) is 0 Å². The molecule has 2 unspecified atom stereocenters. The summed E-state index contributed by atoms with van der Waals surface area (Å²) in [6.07, 6.45) is 0.0959. The van der Waals surface area contributed by atoms with Gasteiger partial charge in [0.25, 0.3) is 5.56 Å². The molecule has 0 saturated carbocycles. The zero-order valence-electron chi connectivity index (χ0n) is 23.7. The van der Waals surface area contributed by atoms with Crippen molar-refractivity contribution in [2.24, 2.45) is 7.05 Å². The van der Waals surface area contributed by atoms with Gasteiger partial charge in [-0.15, -0.1) is 0 Å². The van der Waals surface area contributed by atoms with Gasteiger partial charge in [0.05, 0.1) is 44.0 Å². The van der Waals surface area contributed by atoms with Crippen LogP contribution in [-0.2, 0) is 27.9 Å². The molecule has 218 valence electrons. The van der Waals surface area contributed by atoms with Crippen molar-refractivity contribution in [3.8, 4) is 23.0 Å². The predicted octanol–water partition coefficient (Wildman–Crippen LogP) is 3.88. The number of ether oxygens (including phenoxy) is 3. The van der Waals surface area contributed by atoms with Gasteiger partial charge in [0.2, 0.25) is 0 Å². The van der Waals surface area contributed by atoms with Crippen molar-refractivity contribution >= 4 is 22.7 Å². The number of nitrogens with zero attached hydrogens (tertiary/aromatic N) is 2. The molecule has 2 aromatic heterocycles. The number of fused-ring (bicyclic) bond motifs is 2. The molecule has 1 aliphatic heterocycles. The molecule has 11 heteroatoms. The number of phenolic OH excluding ortho intramolecular Hbond substituents is 2. The number of benzene rings is 2. The summed E-state index contributed by atoms with van der Waals surface area (Å²) >= 11 is 0. The molecule has 0 spiro atoms. The largest absolute Gasteiger partial charge is 0.507 e. The number of pyridine rings is 2. The highest BCUT2D eigenvalue weighted by molar-refractivity contribution is 5.98. The van der Waals surface area contributed by atoms with Gasteiger partial charge in [-0.25, -0.2) is 0 Å². The maximum Gasteiger partial charge on any atom is 0.306 e. The quantitative estimate of drug-likeness (QED) is 0.219. The highest BCUT2D eigenvalue weighted by atomic mass is 16.5. The zero-order valence-corrected chi connectivity index (χ0v) is 23.7. The van der Waals surface area contributed by atoms with E-state index in [0.29, 0.717) is 33.5 Å². The van der Waals surface area contributed by atoms with E-state index in [1.54, 1.807) is 44.4 Å². The topological polar surface area (TPSA) is 157 Å². The number of aromatic hydroxyl groups is 3. The van der Waals surface area contributed by atoms with Crippen molar-refractivity contribution in [2.45, 2.75) is 38.9 Å². The summed E-state index contributed by atoms with van der Waals surface area (Å²) in [6.45, 7) is 2.93. The number of aromatic nitrogens is 2. The number of aryl methyl sites for hydroxylation is 2. The number of carbonyl (C=O) groups is 2. The van der Waals surface area contributed by atoms with Crippen LogP contribution >= 0.6 is 0 Å². The van der Waals surface area contributed by atoms with Crippen molar-refractivity contribution in [3.63, 3.8) is 0 Å². The van der Waals surface area contributed by atoms with Crippen LogP contribution in [0.3, 0.4) is 0 Å². The Labute approximate surface area is 240 Å². The number of phenols is 2. The second kappa shape index (κ2) is 10.8. The Morgan fingerprint density at radius 3 is 2.52 bits per heavy atom. The minimum Gasteiger partial charge on any atom is -0.507 e. The second-order valence-electron chi connectivity index (χ2n) is 10.2. The first kappa shape index (κ1) is 28.6. The van der Waals surface area contributed by atoms with Crippen LogP contribution in [0.5, 0.6) is 23.0 Å². The Morgan fingerprint density at radius 2 is 1.86 bits per heavy atom. The molecule has 0 bridgehead atoms. The van der Waals surface area contributed by atoms with Gasteiger partial charge in [-0.05, 0) is 43.5 Å². The normalized spacial score (nSPS) is 14.9. The van der Waals surface area contributed by atoms with Crippen molar-refractivity contribution < 1.29 is 39.1 Å². The minimum atomic E-state index is -1.23. The second-order valence-corrected chi connectivity index (χ2v) is 10.2. The van der Waals surface area contributed by atoms with Crippen molar-refractivity contribution in [1.29, 1.82) is 0 Å². The lowest BCUT2D eigenvalue weighted by atomic mass is 9.83. The minimum absolute atomic E-state index is 0.0739. The van der Waals surface area contributed by atoms with Crippen LogP contribution in [0.4, 0.5) is 0 Å². The average molecular weight is 575 g/mol. The Kier molecular flexibility index (Phi) is 7.38. The lowest BCUT2D eigenvalue weighted by Crippen LogP contribution is -2.26. The standard InChI is InChI=1S/C31H30N2O9/c1-14-27(36)25-17(12-32-14)13-42-30(25)22-10-19(15(2)34)28(37)26(29(22)38)20(11-24(35)41-5)21-8-16-6-7-18(40-4)9-23(16)33(3)31(21)39/h6-10,12,20,30,36-38H,11,13H2,1-5H3. The number of ketones is 1. The van der Waals surface area contributed by atoms with E-state index in [4.69, 9.17) is 14.2 Å². The molecule has 2 aromatic carbocycles. The summed E-state index contributed by atoms with van der Waals surface area (Å²) in [7, 11) is 4.25. The van der Waals surface area contributed by atoms with Gasteiger partial charge >= 0.3 is 5.97 Å². The molecule has 0 radical (unpaired) electrons. The van der Waals surface area contributed by atoms with Gasteiger partial charge in [0.15, 0.2) is 5.78 Å². The molecule has 1 aliphatic rings. The molecule has 0 saturated heterocycles. The molecular formula is C31H30N2O9. The van der Waals surface area contributed by atoms with Crippen molar-refractivity contribution in [2.75, 3.05) is 14.2 Å². The Balaban J connectivity index is 1.81. The molecule has 0 aliphatic carbocycles. The van der Waals surface area contributed by atoms with Crippen LogP contribution in [0.25, 0.3) is 10.9 Å². The van der Waals surface area contributed by atoms with Crippen LogP contribution < -0.4 is 10.3 Å². The van der Waals surface area contributed by atoms with E-state index in [2.05, 4.69) is 4.98 Å². The molecule has 0 fully saturated rings. The van der Waals surface area contributed by atoms with Crippen LogP contribution in [-0.4, -0.2) is 50.8 Å². The van der Waals surface area contributed by atoms with E-state index in [1.165, 1.54) is 31.8 Å². The van der Waals surface area contributed by atoms with E-state index in [0.717, 1.165) is 0 Å². The summed E-state index contributed by atoms with van der Waals surface area (Å²) in [6, 6.07) is 8.02. The van der Waals surface area contributed by atoms with E-state index >= 15 is 0 Å². The molecule has 2 atom stereocenters. The summed E-state index contributed by atoms with van der Waals surface area (Å²) in [5.41, 5.74) is 1.14. The van der Waals surface area contributed by atoms with E-state index in [9.17, 15) is 29.7 Å². The van der Waals surface area contributed by atoms with Gasteiger partial charge in [0, 0.05) is 53.0 Å². The average Bonchev–Trinajstić information content (AvgIpc) is 3.40. The fraction of sp³-hybridized carbons (Fsp3) is 0.290. The number of methoxy groups -OCH3 is 2. The van der Waals surface area contributed by atoms with Crippen LogP contribution in [0, 0.1) is 6.92 Å². The summed E-state index contributed by atoms with van der Waals surface area (Å²) in [5, 5.41) is 34.6. The number of carbonyl (C=O) groups excluding carboxylic acids is 2. The maximum atomic E-state index is 13.8. The number of hydrogen-bond acceptors (Lipinski definition) is 10. The maximum absolute atomic E-state index is 13.8. The molecule has 5 rings (SSSR count). The Morgan fingerprint density at radius 1 is 1.12 bits per heavy atom. The first-order valence-electron chi connectivity index (χ1n) is 13.1. The first-order chi connectivity index (χ1) is 20.0. The number of hydrogen-bond donors (Lipinski definition) is 3. The van der Waals surface area contributed by atoms with Crippen LogP contribution in [0.1, 0.15) is 69.2 Å². The van der Waals surface area contributed by atoms with Crippen LogP contribution in [0.15, 0.2) is 41.3 Å². The zero-order chi connectivity index (χ0) is 30.5. The third kappa shape index (κ3) is 4.61. The SMILES string of the molecule is COC(=O)CC(c1c(O)c(C(C)=O)cc(C2OCc3cnc(C)c(O)c32)c1O)c1cc2ccc(OC)cc2n(C)c1=O. The molecule has 3 N–H and O–H groups in total. The lowest BCUT2D eigenvalue weighted by Gasteiger charge is -2.25. The molecule has 3 heterocycles. The van der Waals surface area contributed by atoms with Gasteiger partial charge in [-0.3, -0.25) is 19.4 Å². The predicted molar refractivity (Wildman–Crippen MR) is 151 cm³/mol. The Hall–Kier alpha value is -4.90. The van der Waals surface area contributed by atoms with Gasteiger partial charge in [-0.2, -0.15) is 0 Å². The van der Waals surface area contributed by atoms with Gasteiger partial charge < -0.3 is 34.1 Å². The highest BCUT2D eigenvalue weighted by Gasteiger charge is 2.37. The Bertz CT molecular complexity index is 1830.